The molecule has 9 heteroatoms. The van der Waals surface area contributed by atoms with Gasteiger partial charge in [0, 0.05) is 12.1 Å². The first-order valence-corrected chi connectivity index (χ1v) is 7.02. The van der Waals surface area contributed by atoms with E-state index in [-0.39, 0.29) is 16.9 Å². The summed E-state index contributed by atoms with van der Waals surface area (Å²) >= 11 is 1.23. The molecular formula is C13H9N5O3S. The Morgan fingerprint density at radius 3 is 2.64 bits per heavy atom. The molecule has 0 fully saturated rings. The van der Waals surface area contributed by atoms with Gasteiger partial charge in [-0.3, -0.25) is 14.9 Å². The van der Waals surface area contributed by atoms with E-state index in [4.69, 9.17) is 0 Å². The van der Waals surface area contributed by atoms with Crippen LogP contribution in [0.4, 0.5) is 5.69 Å². The molecular weight excluding hydrogens is 306 g/mol. The second-order valence-corrected chi connectivity index (χ2v) is 5.39. The SMILES string of the molecule is Cc1nnc2sc(/C=C/c3ccc([N+](=O)[O-])cc3)nn2c1=O. The Morgan fingerprint density at radius 2 is 1.95 bits per heavy atom. The van der Waals surface area contributed by atoms with E-state index in [1.807, 2.05) is 0 Å². The van der Waals surface area contributed by atoms with Crippen LogP contribution in [0.1, 0.15) is 16.3 Å². The van der Waals surface area contributed by atoms with Gasteiger partial charge in [0.1, 0.15) is 10.7 Å². The minimum absolute atomic E-state index is 0.0365. The monoisotopic (exact) mass is 315 g/mol. The number of nitro groups is 1. The summed E-state index contributed by atoms with van der Waals surface area (Å²) in [6.45, 7) is 1.58. The number of hydrogen-bond acceptors (Lipinski definition) is 7. The summed E-state index contributed by atoms with van der Waals surface area (Å²) in [6, 6.07) is 6.13. The van der Waals surface area contributed by atoms with Crippen LogP contribution in [-0.4, -0.2) is 24.7 Å². The molecule has 3 rings (SSSR count). The lowest BCUT2D eigenvalue weighted by atomic mass is 10.2. The molecule has 0 aliphatic carbocycles. The third-order valence-electron chi connectivity index (χ3n) is 2.89. The van der Waals surface area contributed by atoms with E-state index in [1.54, 1.807) is 31.2 Å². The van der Waals surface area contributed by atoms with Crippen molar-refractivity contribution in [2.24, 2.45) is 0 Å². The lowest BCUT2D eigenvalue weighted by Gasteiger charge is -1.92. The van der Waals surface area contributed by atoms with Crippen molar-refractivity contribution in [1.29, 1.82) is 0 Å². The van der Waals surface area contributed by atoms with Crippen molar-refractivity contribution in [3.05, 3.63) is 61.0 Å². The Balaban J connectivity index is 1.90. The van der Waals surface area contributed by atoms with Gasteiger partial charge in [-0.2, -0.15) is 9.61 Å². The van der Waals surface area contributed by atoms with Crippen LogP contribution < -0.4 is 5.56 Å². The summed E-state index contributed by atoms with van der Waals surface area (Å²) < 4.78 is 1.21. The molecule has 110 valence electrons. The molecule has 3 aromatic rings. The van der Waals surface area contributed by atoms with Crippen LogP contribution in [0.25, 0.3) is 17.1 Å². The van der Waals surface area contributed by atoms with Gasteiger partial charge in [0.15, 0.2) is 0 Å². The Bertz CT molecular complexity index is 942. The molecule has 22 heavy (non-hydrogen) atoms. The highest BCUT2D eigenvalue weighted by Gasteiger charge is 2.07. The minimum atomic E-state index is -0.450. The molecule has 0 saturated carbocycles. The standard InChI is InChI=1S/C13H9N5O3S/c1-8-12(19)17-13(15-14-8)22-11(16-17)7-4-9-2-5-10(6-3-9)18(20)21/h2-7H,1H3/b7-4+. The van der Waals surface area contributed by atoms with Gasteiger partial charge in [0.2, 0.25) is 4.96 Å². The number of fused-ring (bicyclic) bond motifs is 1. The van der Waals surface area contributed by atoms with Crippen LogP contribution >= 0.6 is 11.3 Å². The Hall–Kier alpha value is -2.94. The van der Waals surface area contributed by atoms with E-state index < -0.39 is 4.92 Å². The zero-order valence-electron chi connectivity index (χ0n) is 11.3. The summed E-state index contributed by atoms with van der Waals surface area (Å²) in [7, 11) is 0. The molecule has 0 spiro atoms. The first kappa shape index (κ1) is 14.0. The predicted octanol–water partition coefficient (Wildman–Crippen LogP) is 1.93. The van der Waals surface area contributed by atoms with Crippen molar-refractivity contribution in [2.45, 2.75) is 6.92 Å². The maximum atomic E-state index is 11.8. The smallest absolute Gasteiger partial charge is 0.265 e. The number of rotatable bonds is 3. The second kappa shape index (κ2) is 5.45. The Labute approximate surface area is 127 Å². The van der Waals surface area contributed by atoms with Crippen molar-refractivity contribution in [2.75, 3.05) is 0 Å². The lowest BCUT2D eigenvalue weighted by Crippen LogP contribution is -2.19. The lowest BCUT2D eigenvalue weighted by molar-refractivity contribution is -0.384. The molecule has 0 saturated heterocycles. The van der Waals surface area contributed by atoms with E-state index in [0.717, 1.165) is 5.56 Å². The zero-order valence-corrected chi connectivity index (χ0v) is 12.1. The van der Waals surface area contributed by atoms with Gasteiger partial charge in [0.25, 0.3) is 11.2 Å². The number of hydrogen-bond donors (Lipinski definition) is 0. The topological polar surface area (TPSA) is 103 Å². The van der Waals surface area contributed by atoms with Crippen LogP contribution in [0.15, 0.2) is 29.1 Å². The quantitative estimate of drug-likeness (QED) is 0.540. The van der Waals surface area contributed by atoms with Gasteiger partial charge >= 0.3 is 0 Å². The molecule has 0 N–H and O–H groups in total. The first-order chi connectivity index (χ1) is 10.5. The number of nitrogens with zero attached hydrogens (tertiary/aromatic N) is 5. The van der Waals surface area contributed by atoms with Crippen LogP contribution in [0, 0.1) is 17.0 Å². The fourth-order valence-electron chi connectivity index (χ4n) is 1.75. The molecule has 8 nitrogen and oxygen atoms in total. The highest BCUT2D eigenvalue weighted by Crippen LogP contribution is 2.16. The van der Waals surface area contributed by atoms with E-state index in [2.05, 4.69) is 15.3 Å². The van der Waals surface area contributed by atoms with Crippen molar-refractivity contribution >= 4 is 34.1 Å². The third-order valence-corrected chi connectivity index (χ3v) is 3.75. The van der Waals surface area contributed by atoms with Gasteiger partial charge in [-0.05, 0) is 30.7 Å². The van der Waals surface area contributed by atoms with E-state index in [9.17, 15) is 14.9 Å². The van der Waals surface area contributed by atoms with Crippen LogP contribution in [-0.2, 0) is 0 Å². The average Bonchev–Trinajstić information content (AvgIpc) is 2.93. The molecule has 0 amide bonds. The number of nitro benzene ring substituents is 1. The van der Waals surface area contributed by atoms with Gasteiger partial charge in [-0.25, -0.2) is 0 Å². The summed E-state index contributed by atoms with van der Waals surface area (Å²) in [4.78, 5) is 22.4. The fraction of sp³-hybridized carbons (Fsp3) is 0.0769. The highest BCUT2D eigenvalue weighted by molar-refractivity contribution is 7.17. The Morgan fingerprint density at radius 1 is 1.23 bits per heavy atom. The zero-order chi connectivity index (χ0) is 15.7. The molecule has 0 aliphatic rings. The van der Waals surface area contributed by atoms with E-state index in [1.165, 1.54) is 28.0 Å². The number of non-ortho nitro benzene ring substituents is 1. The van der Waals surface area contributed by atoms with Crippen LogP contribution in [0.2, 0.25) is 0 Å². The van der Waals surface area contributed by atoms with Gasteiger partial charge in [-0.1, -0.05) is 17.4 Å². The molecule has 0 unspecified atom stereocenters. The molecule has 0 aliphatic heterocycles. The maximum Gasteiger partial charge on any atom is 0.296 e. The van der Waals surface area contributed by atoms with E-state index in [0.29, 0.717) is 9.97 Å². The number of aryl methyl sites for hydroxylation is 1. The highest BCUT2D eigenvalue weighted by atomic mass is 32.1. The molecule has 1 aromatic carbocycles. The predicted molar refractivity (Wildman–Crippen MR) is 81.7 cm³/mol. The minimum Gasteiger partial charge on any atom is -0.265 e. The maximum absolute atomic E-state index is 11.8. The fourth-order valence-corrected chi connectivity index (χ4v) is 2.49. The summed E-state index contributed by atoms with van der Waals surface area (Å²) in [5.74, 6) is 0. The molecule has 0 atom stereocenters. The number of benzene rings is 1. The summed E-state index contributed by atoms with van der Waals surface area (Å²) in [5, 5.41) is 23.0. The second-order valence-electron chi connectivity index (χ2n) is 4.41. The van der Waals surface area contributed by atoms with Gasteiger partial charge in [-0.15, -0.1) is 10.2 Å². The molecule has 2 aromatic heterocycles. The first-order valence-electron chi connectivity index (χ1n) is 6.20. The molecule has 0 radical (unpaired) electrons. The number of aromatic nitrogens is 4. The van der Waals surface area contributed by atoms with Crippen LogP contribution in [0.3, 0.4) is 0 Å². The van der Waals surface area contributed by atoms with Crippen molar-refractivity contribution in [3.8, 4) is 0 Å². The van der Waals surface area contributed by atoms with Gasteiger partial charge < -0.3 is 0 Å². The normalized spacial score (nSPS) is 11.3. The van der Waals surface area contributed by atoms with E-state index >= 15 is 0 Å². The summed E-state index contributed by atoms with van der Waals surface area (Å²) in [5.41, 5.74) is 0.818. The Kier molecular flexibility index (Phi) is 3.47. The van der Waals surface area contributed by atoms with Crippen molar-refractivity contribution in [1.82, 2.24) is 19.8 Å². The van der Waals surface area contributed by atoms with Gasteiger partial charge in [0.05, 0.1) is 4.92 Å². The molecule has 0 bridgehead atoms. The van der Waals surface area contributed by atoms with Crippen molar-refractivity contribution < 1.29 is 4.92 Å². The van der Waals surface area contributed by atoms with Crippen molar-refractivity contribution in [3.63, 3.8) is 0 Å². The van der Waals surface area contributed by atoms with Crippen LogP contribution in [0.5, 0.6) is 0 Å². The summed E-state index contributed by atoms with van der Waals surface area (Å²) in [6.07, 6.45) is 3.47. The largest absolute Gasteiger partial charge is 0.296 e. The molecule has 2 heterocycles. The third kappa shape index (κ3) is 2.61. The average molecular weight is 315 g/mol.